The number of fused-ring (bicyclic) bond motifs is 1. The fourth-order valence-corrected chi connectivity index (χ4v) is 3.38. The van der Waals surface area contributed by atoms with E-state index < -0.39 is 0 Å². The van der Waals surface area contributed by atoms with Crippen molar-refractivity contribution in [2.45, 2.75) is 38.5 Å². The average Bonchev–Trinajstić information content (AvgIpc) is 2.68. The first-order valence-corrected chi connectivity index (χ1v) is 7.13. The predicted molar refractivity (Wildman–Crippen MR) is 72.7 cm³/mol. The highest BCUT2D eigenvalue weighted by Gasteiger charge is 2.15. The van der Waals surface area contributed by atoms with Crippen molar-refractivity contribution in [1.82, 2.24) is 5.32 Å². The van der Waals surface area contributed by atoms with E-state index in [1.165, 1.54) is 36.1 Å². The Morgan fingerprint density at radius 1 is 1.35 bits per heavy atom. The van der Waals surface area contributed by atoms with Crippen molar-refractivity contribution in [2.75, 3.05) is 6.54 Å². The van der Waals surface area contributed by atoms with Gasteiger partial charge in [0.05, 0.1) is 4.88 Å². The van der Waals surface area contributed by atoms with Crippen molar-refractivity contribution in [3.8, 4) is 0 Å². The molecule has 17 heavy (non-hydrogen) atoms. The van der Waals surface area contributed by atoms with E-state index in [2.05, 4.69) is 18.0 Å². The lowest BCUT2D eigenvalue weighted by atomic mass is 10.00. The van der Waals surface area contributed by atoms with Crippen molar-refractivity contribution in [3.05, 3.63) is 34.0 Å². The molecule has 3 heteroatoms. The third-order valence-electron chi connectivity index (χ3n) is 3.13. The molecular formula is C14H19NOS. The summed E-state index contributed by atoms with van der Waals surface area (Å²) in [5.41, 5.74) is 1.40. The number of carbonyl (C=O) groups is 1. The van der Waals surface area contributed by atoms with Crippen LogP contribution >= 0.6 is 11.3 Å². The summed E-state index contributed by atoms with van der Waals surface area (Å²) in [6, 6.07) is 2.09. The summed E-state index contributed by atoms with van der Waals surface area (Å²) in [5.74, 6) is 0.0432. The number of nitrogens with one attached hydrogen (secondary N) is 1. The Morgan fingerprint density at radius 3 is 2.88 bits per heavy atom. The molecule has 1 aliphatic rings. The van der Waals surface area contributed by atoms with Gasteiger partial charge in [0, 0.05) is 11.4 Å². The van der Waals surface area contributed by atoms with Gasteiger partial charge in [0.15, 0.2) is 0 Å². The van der Waals surface area contributed by atoms with Gasteiger partial charge < -0.3 is 5.32 Å². The van der Waals surface area contributed by atoms with Crippen molar-refractivity contribution in [2.24, 2.45) is 0 Å². The number of aryl methyl sites for hydroxylation is 2. The molecule has 0 spiro atoms. The largest absolute Gasteiger partial charge is 0.348 e. The normalized spacial score (nSPS) is 15.5. The molecule has 2 rings (SSSR count). The molecule has 1 heterocycles. The monoisotopic (exact) mass is 249 g/mol. The highest BCUT2D eigenvalue weighted by molar-refractivity contribution is 7.14. The van der Waals surface area contributed by atoms with Gasteiger partial charge in [-0.05, 0) is 37.3 Å². The second kappa shape index (κ2) is 6.01. The second-order valence-electron chi connectivity index (χ2n) is 4.47. The molecule has 0 fully saturated rings. The molecule has 1 N–H and O–H groups in total. The van der Waals surface area contributed by atoms with Crippen LogP contribution in [0, 0.1) is 0 Å². The van der Waals surface area contributed by atoms with Crippen LogP contribution in [0.5, 0.6) is 0 Å². The standard InChI is InChI=1S/C14H19NOS/c1-2-9-15-14(16)13-10-11-7-5-3-4-6-8-12(11)17-13/h2,10H,1,3-9H2,(H,15,16). The van der Waals surface area contributed by atoms with Gasteiger partial charge in [0.2, 0.25) is 0 Å². The van der Waals surface area contributed by atoms with Crippen molar-refractivity contribution < 1.29 is 4.79 Å². The first-order chi connectivity index (χ1) is 8.31. The van der Waals surface area contributed by atoms with Crippen LogP contribution in [-0.4, -0.2) is 12.5 Å². The molecule has 0 bridgehead atoms. The van der Waals surface area contributed by atoms with Crippen LogP contribution < -0.4 is 5.32 Å². The van der Waals surface area contributed by atoms with E-state index in [1.54, 1.807) is 17.4 Å². The number of hydrogen-bond acceptors (Lipinski definition) is 2. The molecule has 0 atom stereocenters. The van der Waals surface area contributed by atoms with Gasteiger partial charge in [-0.3, -0.25) is 4.79 Å². The van der Waals surface area contributed by atoms with E-state index in [0.29, 0.717) is 6.54 Å². The molecular weight excluding hydrogens is 230 g/mol. The predicted octanol–water partition coefficient (Wildman–Crippen LogP) is 3.32. The molecule has 1 aromatic heterocycles. The van der Waals surface area contributed by atoms with E-state index in [4.69, 9.17) is 0 Å². The summed E-state index contributed by atoms with van der Waals surface area (Å²) in [6.45, 7) is 4.15. The first kappa shape index (κ1) is 12.4. The zero-order valence-electron chi connectivity index (χ0n) is 10.1. The Labute approximate surface area is 107 Å². The lowest BCUT2D eigenvalue weighted by Crippen LogP contribution is -2.22. The van der Waals surface area contributed by atoms with Gasteiger partial charge in [0.1, 0.15) is 0 Å². The fourth-order valence-electron chi connectivity index (χ4n) is 2.21. The molecule has 2 nitrogen and oxygen atoms in total. The van der Waals surface area contributed by atoms with Gasteiger partial charge in [-0.25, -0.2) is 0 Å². The van der Waals surface area contributed by atoms with Crippen LogP contribution in [0.2, 0.25) is 0 Å². The molecule has 0 aliphatic heterocycles. The maximum Gasteiger partial charge on any atom is 0.261 e. The van der Waals surface area contributed by atoms with Crippen LogP contribution in [-0.2, 0) is 12.8 Å². The lowest BCUT2D eigenvalue weighted by molar-refractivity contribution is 0.0962. The highest BCUT2D eigenvalue weighted by atomic mass is 32.1. The van der Waals surface area contributed by atoms with E-state index >= 15 is 0 Å². The van der Waals surface area contributed by atoms with Gasteiger partial charge in [-0.15, -0.1) is 17.9 Å². The molecule has 92 valence electrons. The van der Waals surface area contributed by atoms with Crippen molar-refractivity contribution in [3.63, 3.8) is 0 Å². The number of carbonyl (C=O) groups excluding carboxylic acids is 1. The van der Waals surface area contributed by atoms with Gasteiger partial charge in [-0.1, -0.05) is 18.9 Å². The molecule has 1 aromatic rings. The van der Waals surface area contributed by atoms with Crippen LogP contribution in [0.4, 0.5) is 0 Å². The Morgan fingerprint density at radius 2 is 2.12 bits per heavy atom. The van der Waals surface area contributed by atoms with E-state index in [9.17, 15) is 4.79 Å². The lowest BCUT2D eigenvalue weighted by Gasteiger charge is -2.07. The summed E-state index contributed by atoms with van der Waals surface area (Å²) >= 11 is 1.67. The summed E-state index contributed by atoms with van der Waals surface area (Å²) in [4.78, 5) is 14.1. The van der Waals surface area contributed by atoms with Crippen molar-refractivity contribution in [1.29, 1.82) is 0 Å². The third kappa shape index (κ3) is 3.19. The Bertz CT molecular complexity index is 383. The zero-order valence-corrected chi connectivity index (χ0v) is 10.9. The van der Waals surface area contributed by atoms with Crippen LogP contribution in [0.1, 0.15) is 45.8 Å². The Kier molecular flexibility index (Phi) is 4.37. The highest BCUT2D eigenvalue weighted by Crippen LogP contribution is 2.28. The number of amides is 1. The minimum atomic E-state index is 0.0432. The Balaban J connectivity index is 2.11. The summed E-state index contributed by atoms with van der Waals surface area (Å²) in [6.07, 6.45) is 9.18. The van der Waals surface area contributed by atoms with Gasteiger partial charge in [0.25, 0.3) is 5.91 Å². The maximum absolute atomic E-state index is 11.8. The van der Waals surface area contributed by atoms with Gasteiger partial charge in [-0.2, -0.15) is 0 Å². The third-order valence-corrected chi connectivity index (χ3v) is 4.36. The maximum atomic E-state index is 11.8. The van der Waals surface area contributed by atoms with E-state index in [0.717, 1.165) is 17.7 Å². The topological polar surface area (TPSA) is 29.1 Å². The number of thiophene rings is 1. The Hall–Kier alpha value is -1.09. The fraction of sp³-hybridized carbons (Fsp3) is 0.500. The number of rotatable bonds is 3. The average molecular weight is 249 g/mol. The summed E-state index contributed by atoms with van der Waals surface area (Å²) < 4.78 is 0. The zero-order chi connectivity index (χ0) is 12.1. The molecule has 1 amide bonds. The second-order valence-corrected chi connectivity index (χ2v) is 5.61. The molecule has 0 saturated heterocycles. The smallest absolute Gasteiger partial charge is 0.261 e. The first-order valence-electron chi connectivity index (χ1n) is 6.32. The molecule has 0 aromatic carbocycles. The number of hydrogen-bond donors (Lipinski definition) is 1. The minimum Gasteiger partial charge on any atom is -0.348 e. The quantitative estimate of drug-likeness (QED) is 0.818. The van der Waals surface area contributed by atoms with Crippen LogP contribution in [0.25, 0.3) is 0 Å². The summed E-state index contributed by atoms with van der Waals surface area (Å²) in [7, 11) is 0. The van der Waals surface area contributed by atoms with Crippen molar-refractivity contribution >= 4 is 17.2 Å². The molecule has 0 saturated carbocycles. The van der Waals surface area contributed by atoms with E-state index in [1.807, 2.05) is 0 Å². The van der Waals surface area contributed by atoms with Crippen LogP contribution in [0.15, 0.2) is 18.7 Å². The summed E-state index contributed by atoms with van der Waals surface area (Å²) in [5, 5.41) is 2.84. The van der Waals surface area contributed by atoms with Crippen LogP contribution in [0.3, 0.4) is 0 Å². The molecule has 1 aliphatic carbocycles. The SMILES string of the molecule is C=CCNC(=O)c1cc2c(s1)CCCCCC2. The van der Waals surface area contributed by atoms with E-state index in [-0.39, 0.29) is 5.91 Å². The molecule has 0 radical (unpaired) electrons. The van der Waals surface area contributed by atoms with Gasteiger partial charge >= 0.3 is 0 Å². The minimum absolute atomic E-state index is 0.0432. The molecule has 0 unspecified atom stereocenters.